The lowest BCUT2D eigenvalue weighted by atomic mass is 10.2. The predicted octanol–water partition coefficient (Wildman–Crippen LogP) is 2.61. The fourth-order valence-corrected chi connectivity index (χ4v) is 1.76. The molecule has 2 aromatic rings. The number of hydrogen-bond donors (Lipinski definition) is 1. The Labute approximate surface area is 110 Å². The zero-order valence-corrected chi connectivity index (χ0v) is 10.7. The fraction of sp³-hybridized carbons (Fsp3) is 0.231. The molecule has 5 heteroatoms. The van der Waals surface area contributed by atoms with Gasteiger partial charge in [0.2, 0.25) is 0 Å². The third kappa shape index (κ3) is 3.11. The Morgan fingerprint density at radius 1 is 1.44 bits per heavy atom. The first-order valence-electron chi connectivity index (χ1n) is 5.61. The molecule has 0 aliphatic heterocycles. The highest BCUT2D eigenvalue weighted by molar-refractivity contribution is 6.33. The van der Waals surface area contributed by atoms with Gasteiger partial charge in [-0.2, -0.15) is 0 Å². The van der Waals surface area contributed by atoms with E-state index >= 15 is 0 Å². The van der Waals surface area contributed by atoms with Gasteiger partial charge in [0.15, 0.2) is 5.89 Å². The molecule has 1 amide bonds. The standard InChI is InChI=1S/C13H13ClN2O2/c1-9-8-16-12(18-9)6-7-15-13(17)10-4-2-3-5-11(10)14/h2-5,8H,6-7H2,1H3,(H,15,17). The van der Waals surface area contributed by atoms with Crippen molar-refractivity contribution in [2.45, 2.75) is 13.3 Å². The van der Waals surface area contributed by atoms with E-state index in [-0.39, 0.29) is 5.91 Å². The molecule has 1 aromatic carbocycles. The second-order valence-electron chi connectivity index (χ2n) is 3.85. The first-order chi connectivity index (χ1) is 8.66. The Balaban J connectivity index is 1.87. The monoisotopic (exact) mass is 264 g/mol. The van der Waals surface area contributed by atoms with Crippen LogP contribution in [-0.4, -0.2) is 17.4 Å². The number of aromatic nitrogens is 1. The first-order valence-corrected chi connectivity index (χ1v) is 5.98. The summed E-state index contributed by atoms with van der Waals surface area (Å²) in [5.41, 5.74) is 0.475. The number of carbonyl (C=O) groups excluding carboxylic acids is 1. The summed E-state index contributed by atoms with van der Waals surface area (Å²) in [7, 11) is 0. The van der Waals surface area contributed by atoms with Gasteiger partial charge in [0.25, 0.3) is 5.91 Å². The molecule has 0 bridgehead atoms. The maximum Gasteiger partial charge on any atom is 0.252 e. The molecule has 1 heterocycles. The second-order valence-corrected chi connectivity index (χ2v) is 4.26. The van der Waals surface area contributed by atoms with Crippen LogP contribution in [0, 0.1) is 6.92 Å². The molecular weight excluding hydrogens is 252 g/mol. The molecule has 94 valence electrons. The quantitative estimate of drug-likeness (QED) is 0.924. The number of benzene rings is 1. The number of aryl methyl sites for hydroxylation is 1. The Bertz CT molecular complexity index is 551. The summed E-state index contributed by atoms with van der Waals surface area (Å²) in [5.74, 6) is 1.19. The molecule has 0 atom stereocenters. The number of rotatable bonds is 4. The lowest BCUT2D eigenvalue weighted by Gasteiger charge is -2.05. The summed E-state index contributed by atoms with van der Waals surface area (Å²) < 4.78 is 5.31. The van der Waals surface area contributed by atoms with Crippen molar-refractivity contribution in [3.63, 3.8) is 0 Å². The highest BCUT2D eigenvalue weighted by Gasteiger charge is 2.09. The van der Waals surface area contributed by atoms with Crippen LogP contribution in [0.4, 0.5) is 0 Å². The molecule has 1 aromatic heterocycles. The first kappa shape index (κ1) is 12.6. The van der Waals surface area contributed by atoms with Crippen LogP contribution in [0.5, 0.6) is 0 Å². The van der Waals surface area contributed by atoms with Crippen LogP contribution in [0.2, 0.25) is 5.02 Å². The molecular formula is C13H13ClN2O2. The summed E-state index contributed by atoms with van der Waals surface area (Å²) in [6.07, 6.45) is 2.22. The van der Waals surface area contributed by atoms with Gasteiger partial charge >= 0.3 is 0 Å². The highest BCUT2D eigenvalue weighted by Crippen LogP contribution is 2.14. The second kappa shape index (κ2) is 5.69. The minimum Gasteiger partial charge on any atom is -0.446 e. The lowest BCUT2D eigenvalue weighted by Crippen LogP contribution is -2.26. The van der Waals surface area contributed by atoms with Gasteiger partial charge in [-0.05, 0) is 19.1 Å². The molecule has 0 aliphatic rings. The van der Waals surface area contributed by atoms with Gasteiger partial charge in [-0.25, -0.2) is 4.98 Å². The Morgan fingerprint density at radius 2 is 2.22 bits per heavy atom. The minimum absolute atomic E-state index is 0.191. The third-order valence-electron chi connectivity index (χ3n) is 2.41. The van der Waals surface area contributed by atoms with E-state index in [1.165, 1.54) is 0 Å². The van der Waals surface area contributed by atoms with Crippen molar-refractivity contribution in [3.05, 3.63) is 52.7 Å². The molecule has 4 nitrogen and oxygen atoms in total. The number of amides is 1. The van der Waals surface area contributed by atoms with Crippen LogP contribution in [0.25, 0.3) is 0 Å². The van der Waals surface area contributed by atoms with E-state index in [0.29, 0.717) is 29.4 Å². The van der Waals surface area contributed by atoms with Crippen molar-refractivity contribution >= 4 is 17.5 Å². The Hall–Kier alpha value is -1.81. The SMILES string of the molecule is Cc1cnc(CCNC(=O)c2ccccc2Cl)o1. The van der Waals surface area contributed by atoms with Crippen molar-refractivity contribution in [1.29, 1.82) is 0 Å². The highest BCUT2D eigenvalue weighted by atomic mass is 35.5. The van der Waals surface area contributed by atoms with E-state index in [0.717, 1.165) is 5.76 Å². The molecule has 0 spiro atoms. The maximum atomic E-state index is 11.8. The van der Waals surface area contributed by atoms with Gasteiger partial charge in [0.05, 0.1) is 16.8 Å². The van der Waals surface area contributed by atoms with Crippen LogP contribution >= 0.6 is 11.6 Å². The van der Waals surface area contributed by atoms with Crippen LogP contribution in [0.3, 0.4) is 0 Å². The van der Waals surface area contributed by atoms with Gasteiger partial charge in [0, 0.05) is 13.0 Å². The van der Waals surface area contributed by atoms with Gasteiger partial charge in [0.1, 0.15) is 5.76 Å². The number of nitrogens with zero attached hydrogens (tertiary/aromatic N) is 1. The van der Waals surface area contributed by atoms with Crippen LogP contribution < -0.4 is 5.32 Å². The average Bonchev–Trinajstić information content (AvgIpc) is 2.75. The smallest absolute Gasteiger partial charge is 0.252 e. The molecule has 0 fully saturated rings. The van der Waals surface area contributed by atoms with E-state index < -0.39 is 0 Å². The number of halogens is 1. The number of carbonyl (C=O) groups is 1. The third-order valence-corrected chi connectivity index (χ3v) is 2.74. The summed E-state index contributed by atoms with van der Waals surface area (Å²) in [4.78, 5) is 15.9. The summed E-state index contributed by atoms with van der Waals surface area (Å²) in [5, 5.41) is 3.22. The van der Waals surface area contributed by atoms with Crippen LogP contribution in [0.15, 0.2) is 34.9 Å². The van der Waals surface area contributed by atoms with Crippen molar-refractivity contribution in [2.75, 3.05) is 6.54 Å². The molecule has 0 aliphatic carbocycles. The normalized spacial score (nSPS) is 10.3. The lowest BCUT2D eigenvalue weighted by molar-refractivity contribution is 0.0954. The number of oxazole rings is 1. The van der Waals surface area contributed by atoms with Crippen molar-refractivity contribution in [2.24, 2.45) is 0 Å². The molecule has 2 rings (SSSR count). The topological polar surface area (TPSA) is 55.1 Å². The minimum atomic E-state index is -0.191. The average molecular weight is 265 g/mol. The van der Waals surface area contributed by atoms with Gasteiger partial charge in [-0.3, -0.25) is 4.79 Å². The van der Waals surface area contributed by atoms with E-state index in [1.54, 1.807) is 30.5 Å². The molecule has 0 radical (unpaired) electrons. The van der Waals surface area contributed by atoms with Crippen LogP contribution in [0.1, 0.15) is 22.0 Å². The van der Waals surface area contributed by atoms with E-state index in [4.69, 9.17) is 16.0 Å². The van der Waals surface area contributed by atoms with E-state index in [2.05, 4.69) is 10.3 Å². The number of nitrogens with one attached hydrogen (secondary N) is 1. The Kier molecular flexibility index (Phi) is 3.99. The number of hydrogen-bond acceptors (Lipinski definition) is 3. The maximum absolute atomic E-state index is 11.8. The van der Waals surface area contributed by atoms with Crippen molar-refractivity contribution < 1.29 is 9.21 Å². The fourth-order valence-electron chi connectivity index (χ4n) is 1.54. The van der Waals surface area contributed by atoms with Gasteiger partial charge in [-0.1, -0.05) is 23.7 Å². The van der Waals surface area contributed by atoms with Crippen molar-refractivity contribution in [3.8, 4) is 0 Å². The summed E-state index contributed by atoms with van der Waals surface area (Å²) in [6.45, 7) is 2.29. The zero-order chi connectivity index (χ0) is 13.0. The van der Waals surface area contributed by atoms with Crippen molar-refractivity contribution in [1.82, 2.24) is 10.3 Å². The van der Waals surface area contributed by atoms with E-state index in [9.17, 15) is 4.79 Å². The largest absolute Gasteiger partial charge is 0.446 e. The van der Waals surface area contributed by atoms with Gasteiger partial charge < -0.3 is 9.73 Å². The summed E-state index contributed by atoms with van der Waals surface area (Å²) in [6, 6.07) is 6.94. The molecule has 0 unspecified atom stereocenters. The summed E-state index contributed by atoms with van der Waals surface area (Å²) >= 11 is 5.93. The molecule has 0 saturated carbocycles. The zero-order valence-electron chi connectivity index (χ0n) is 9.94. The molecule has 18 heavy (non-hydrogen) atoms. The predicted molar refractivity (Wildman–Crippen MR) is 68.7 cm³/mol. The molecule has 0 saturated heterocycles. The van der Waals surface area contributed by atoms with Gasteiger partial charge in [-0.15, -0.1) is 0 Å². The van der Waals surface area contributed by atoms with Crippen LogP contribution in [-0.2, 0) is 6.42 Å². The molecule has 1 N–H and O–H groups in total. The van der Waals surface area contributed by atoms with E-state index in [1.807, 2.05) is 6.92 Å². The Morgan fingerprint density at radius 3 is 2.89 bits per heavy atom.